The fourth-order valence-corrected chi connectivity index (χ4v) is 4.83. The van der Waals surface area contributed by atoms with E-state index in [9.17, 15) is 14.4 Å². The molecular weight excluding hydrogens is 508 g/mol. The van der Waals surface area contributed by atoms with Crippen molar-refractivity contribution in [2.45, 2.75) is 57.2 Å². The molecule has 0 spiro atoms. The van der Waals surface area contributed by atoms with Crippen molar-refractivity contribution in [2.24, 2.45) is 11.7 Å². The smallest absolute Gasteiger partial charge is 0.243 e. The average molecular weight is 549 g/mol. The van der Waals surface area contributed by atoms with Crippen molar-refractivity contribution >= 4 is 23.6 Å². The molecular formula is C30H40N6O4. The average Bonchev–Trinajstić information content (AvgIpc) is 3.79. The second-order valence-corrected chi connectivity index (χ2v) is 10.7. The Balaban J connectivity index is 1.53. The first-order valence-corrected chi connectivity index (χ1v) is 14.0. The Kier molecular flexibility index (Phi) is 9.76. The van der Waals surface area contributed by atoms with Crippen LogP contribution in [-0.4, -0.2) is 73.3 Å². The van der Waals surface area contributed by atoms with E-state index < -0.39 is 24.0 Å². The van der Waals surface area contributed by atoms with Gasteiger partial charge < -0.3 is 31.3 Å². The first-order chi connectivity index (χ1) is 19.2. The Hall–Kier alpha value is -3.92. The number of likely N-dealkylation sites (N-methyl/N-ethyl adjacent to an activating group) is 1. The van der Waals surface area contributed by atoms with Crippen LogP contribution in [0.3, 0.4) is 0 Å². The number of rotatable bonds is 4. The van der Waals surface area contributed by atoms with E-state index in [2.05, 4.69) is 16.0 Å². The number of fused-ring (bicyclic) bond motifs is 2. The van der Waals surface area contributed by atoms with Gasteiger partial charge in [-0.15, -0.1) is 0 Å². The number of carbonyl (C=O) groups excluding carboxylic acids is 3. The largest absolute Gasteiger partial charge is 0.492 e. The third kappa shape index (κ3) is 7.81. The minimum atomic E-state index is -0.835. The van der Waals surface area contributed by atoms with Gasteiger partial charge in [-0.2, -0.15) is 0 Å². The number of nitrogens with zero attached hydrogens (tertiary/aromatic N) is 1. The normalized spacial score (nSPS) is 23.6. The van der Waals surface area contributed by atoms with E-state index in [1.165, 1.54) is 4.90 Å². The van der Waals surface area contributed by atoms with E-state index in [1.54, 1.807) is 38.2 Å². The highest BCUT2D eigenvalue weighted by molar-refractivity contribution is 5.95. The fourth-order valence-electron chi connectivity index (χ4n) is 4.83. The molecule has 1 fully saturated rings. The third-order valence-corrected chi connectivity index (χ3v) is 7.58. The lowest BCUT2D eigenvalue weighted by atomic mass is 10.0. The predicted octanol–water partition coefficient (Wildman–Crippen LogP) is 1.35. The van der Waals surface area contributed by atoms with Crippen molar-refractivity contribution in [1.29, 1.82) is 5.41 Å². The summed E-state index contributed by atoms with van der Waals surface area (Å²) >= 11 is 0. The lowest BCUT2D eigenvalue weighted by Crippen LogP contribution is -2.56. The summed E-state index contributed by atoms with van der Waals surface area (Å²) < 4.78 is 5.93. The maximum absolute atomic E-state index is 13.4. The van der Waals surface area contributed by atoms with Crippen molar-refractivity contribution in [3.05, 3.63) is 65.2 Å². The summed E-state index contributed by atoms with van der Waals surface area (Å²) in [7, 11) is 1.63. The molecule has 1 saturated carbocycles. The van der Waals surface area contributed by atoms with Crippen LogP contribution in [0.4, 0.5) is 0 Å². The lowest BCUT2D eigenvalue weighted by molar-refractivity contribution is -0.141. The summed E-state index contributed by atoms with van der Waals surface area (Å²) in [5.41, 5.74) is 8.07. The number of nitrogens with two attached hydrogens (primary N) is 1. The SMILES string of the molecule is C[C@@H]1C(=O)N[C@H](Cc2ccc(C(=N)N)cc2)C(=O)NCCCc2cccc(c2)OCCN[C@@H](C2CC2)C(=O)N1C. The van der Waals surface area contributed by atoms with Crippen LogP contribution >= 0.6 is 0 Å². The number of hydrogen-bond donors (Lipinski definition) is 5. The Morgan fingerprint density at radius 3 is 2.52 bits per heavy atom. The second kappa shape index (κ2) is 13.4. The number of ether oxygens (including phenoxy) is 1. The topological polar surface area (TPSA) is 150 Å². The van der Waals surface area contributed by atoms with E-state index in [0.717, 1.165) is 42.6 Å². The van der Waals surface area contributed by atoms with Crippen LogP contribution in [0.2, 0.25) is 0 Å². The van der Waals surface area contributed by atoms with Crippen molar-refractivity contribution in [3.63, 3.8) is 0 Å². The Morgan fingerprint density at radius 2 is 1.82 bits per heavy atom. The van der Waals surface area contributed by atoms with Crippen LogP contribution in [0, 0.1) is 11.3 Å². The molecule has 0 radical (unpaired) electrons. The summed E-state index contributed by atoms with van der Waals surface area (Å²) in [5, 5.41) is 16.8. The molecule has 40 heavy (non-hydrogen) atoms. The number of amidine groups is 1. The van der Waals surface area contributed by atoms with E-state index in [4.69, 9.17) is 15.9 Å². The lowest BCUT2D eigenvalue weighted by Gasteiger charge is -2.30. The van der Waals surface area contributed by atoms with E-state index in [0.29, 0.717) is 25.3 Å². The molecule has 2 aliphatic rings. The van der Waals surface area contributed by atoms with Gasteiger partial charge in [0.15, 0.2) is 0 Å². The maximum atomic E-state index is 13.4. The summed E-state index contributed by atoms with van der Waals surface area (Å²) in [6.07, 6.45) is 3.67. The molecule has 2 bridgehead atoms. The molecule has 0 saturated heterocycles. The number of carbonyl (C=O) groups is 3. The highest BCUT2D eigenvalue weighted by Crippen LogP contribution is 2.33. The van der Waals surface area contributed by atoms with Gasteiger partial charge in [0.1, 0.15) is 30.3 Å². The van der Waals surface area contributed by atoms with Gasteiger partial charge >= 0.3 is 0 Å². The highest BCUT2D eigenvalue weighted by Gasteiger charge is 2.39. The molecule has 3 atom stereocenters. The molecule has 6 N–H and O–H groups in total. The van der Waals surface area contributed by atoms with Crippen LogP contribution in [0.1, 0.15) is 42.9 Å². The molecule has 1 aliphatic carbocycles. The Morgan fingerprint density at radius 1 is 1.07 bits per heavy atom. The summed E-state index contributed by atoms with van der Waals surface area (Å²) in [6.45, 7) is 3.05. The zero-order chi connectivity index (χ0) is 28.6. The van der Waals surface area contributed by atoms with Crippen LogP contribution in [0.25, 0.3) is 0 Å². The fraction of sp³-hybridized carbons (Fsp3) is 0.467. The van der Waals surface area contributed by atoms with Gasteiger partial charge in [-0.1, -0.05) is 36.4 Å². The molecule has 10 heteroatoms. The molecule has 2 aromatic carbocycles. The first kappa shape index (κ1) is 29.1. The van der Waals surface area contributed by atoms with Crippen molar-refractivity contribution in [2.75, 3.05) is 26.7 Å². The Labute approximate surface area is 235 Å². The molecule has 10 nitrogen and oxygen atoms in total. The number of amides is 3. The number of aryl methyl sites for hydroxylation is 1. The van der Waals surface area contributed by atoms with Crippen LogP contribution in [0.5, 0.6) is 5.75 Å². The molecule has 3 amide bonds. The maximum Gasteiger partial charge on any atom is 0.243 e. The number of nitrogen functional groups attached to an aromatic ring is 1. The van der Waals surface area contributed by atoms with Crippen LogP contribution in [0.15, 0.2) is 48.5 Å². The Bertz CT molecular complexity index is 1210. The van der Waals surface area contributed by atoms with Crippen LogP contribution < -0.4 is 26.4 Å². The van der Waals surface area contributed by atoms with E-state index >= 15 is 0 Å². The van der Waals surface area contributed by atoms with Gasteiger partial charge in [0.05, 0.1) is 6.04 Å². The minimum absolute atomic E-state index is 0.0397. The van der Waals surface area contributed by atoms with Gasteiger partial charge in [-0.05, 0) is 61.8 Å². The molecule has 214 valence electrons. The van der Waals surface area contributed by atoms with E-state index in [1.807, 2.05) is 24.3 Å². The van der Waals surface area contributed by atoms with Crippen molar-refractivity contribution in [3.8, 4) is 5.75 Å². The third-order valence-electron chi connectivity index (χ3n) is 7.58. The molecule has 4 rings (SSSR count). The summed E-state index contributed by atoms with van der Waals surface area (Å²) in [6, 6.07) is 12.9. The zero-order valence-electron chi connectivity index (χ0n) is 23.2. The van der Waals surface area contributed by atoms with Crippen molar-refractivity contribution in [1.82, 2.24) is 20.9 Å². The predicted molar refractivity (Wildman–Crippen MR) is 153 cm³/mol. The van der Waals surface area contributed by atoms with Gasteiger partial charge in [0.2, 0.25) is 17.7 Å². The minimum Gasteiger partial charge on any atom is -0.492 e. The van der Waals surface area contributed by atoms with Gasteiger partial charge in [0, 0.05) is 32.1 Å². The van der Waals surface area contributed by atoms with Gasteiger partial charge in [0.25, 0.3) is 0 Å². The first-order valence-electron chi connectivity index (χ1n) is 14.0. The molecule has 0 unspecified atom stereocenters. The monoisotopic (exact) mass is 548 g/mol. The summed E-state index contributed by atoms with van der Waals surface area (Å²) in [4.78, 5) is 41.5. The van der Waals surface area contributed by atoms with E-state index in [-0.39, 0.29) is 30.0 Å². The standard InChI is InChI=1S/C30H40N6O4/c1-19-28(37)35-25(18-21-8-10-23(11-9-21)27(31)32)29(38)34-14-4-6-20-5-3-7-24(17-20)40-16-15-33-26(22-12-13-22)30(39)36(19)2/h3,5,7-11,17,19,22,25-26,33H,4,6,12-16,18H2,1-2H3,(H3,31,32)(H,34,38)(H,35,37)/t19-,25-,26+/m1/s1. The number of nitrogens with one attached hydrogen (secondary N) is 4. The quantitative estimate of drug-likeness (QED) is 0.288. The molecule has 1 aliphatic heterocycles. The number of hydrogen-bond acceptors (Lipinski definition) is 6. The second-order valence-electron chi connectivity index (χ2n) is 10.7. The van der Waals surface area contributed by atoms with Gasteiger partial charge in [-0.25, -0.2) is 0 Å². The van der Waals surface area contributed by atoms with Crippen molar-refractivity contribution < 1.29 is 19.1 Å². The van der Waals surface area contributed by atoms with Crippen LogP contribution in [-0.2, 0) is 27.2 Å². The number of benzene rings is 2. The molecule has 0 aromatic heterocycles. The molecule has 1 heterocycles. The molecule has 2 aromatic rings. The van der Waals surface area contributed by atoms with Gasteiger partial charge in [-0.3, -0.25) is 19.8 Å². The highest BCUT2D eigenvalue weighted by atomic mass is 16.5. The zero-order valence-corrected chi connectivity index (χ0v) is 23.2. The summed E-state index contributed by atoms with van der Waals surface area (Å²) in [5.74, 6) is 0.125.